The average molecular weight is 546 g/mol. The highest BCUT2D eigenvalue weighted by Crippen LogP contribution is 2.51. The number of benzene rings is 2. The van der Waals surface area contributed by atoms with Crippen molar-refractivity contribution in [2.24, 2.45) is 5.41 Å². The van der Waals surface area contributed by atoms with E-state index in [4.69, 9.17) is 0 Å². The second-order valence-electron chi connectivity index (χ2n) is 11.5. The number of urea groups is 1. The molecule has 40 heavy (non-hydrogen) atoms. The number of hydrogen-bond acceptors (Lipinski definition) is 5. The zero-order chi connectivity index (χ0) is 27.7. The number of likely N-dealkylation sites (tertiary alicyclic amines) is 1. The number of carbonyl (C=O) groups excluding carboxylic acids is 1. The van der Waals surface area contributed by atoms with E-state index in [1.54, 1.807) is 12.1 Å². The molecule has 3 aromatic rings. The van der Waals surface area contributed by atoms with Crippen molar-refractivity contribution in [3.05, 3.63) is 88.7 Å². The van der Waals surface area contributed by atoms with Crippen molar-refractivity contribution in [2.45, 2.75) is 50.3 Å². The predicted octanol–water partition coefficient (Wildman–Crippen LogP) is 3.81. The second kappa shape index (κ2) is 10.8. The van der Waals surface area contributed by atoms with Gasteiger partial charge >= 0.3 is 6.03 Å². The SMILES string of the molecule is O=C(N1CC[C@@](O)(Cn2cnc(-c3ccccc3)cc2=O)C2(CCCC2)C1)N1CCNC[C@H]1c1ccc(F)cc1. The van der Waals surface area contributed by atoms with Gasteiger partial charge in [0.25, 0.3) is 5.56 Å². The van der Waals surface area contributed by atoms with Crippen LogP contribution in [0, 0.1) is 11.2 Å². The Morgan fingerprint density at radius 3 is 2.52 bits per heavy atom. The van der Waals surface area contributed by atoms with E-state index < -0.39 is 11.0 Å². The minimum absolute atomic E-state index is 0.0461. The Kier molecular flexibility index (Phi) is 7.18. The molecule has 210 valence electrons. The predicted molar refractivity (Wildman–Crippen MR) is 150 cm³/mol. The Bertz CT molecular complexity index is 1410. The van der Waals surface area contributed by atoms with Crippen molar-refractivity contribution in [1.29, 1.82) is 0 Å². The Morgan fingerprint density at radius 2 is 1.80 bits per heavy atom. The second-order valence-corrected chi connectivity index (χ2v) is 11.5. The summed E-state index contributed by atoms with van der Waals surface area (Å²) >= 11 is 0. The molecule has 1 spiro atoms. The van der Waals surface area contributed by atoms with Gasteiger partial charge in [0.15, 0.2) is 0 Å². The lowest BCUT2D eigenvalue weighted by atomic mass is 9.66. The number of piperidine rings is 1. The number of nitrogens with zero attached hydrogens (tertiary/aromatic N) is 4. The highest BCUT2D eigenvalue weighted by atomic mass is 19.1. The largest absolute Gasteiger partial charge is 0.387 e. The van der Waals surface area contributed by atoms with Crippen LogP contribution in [0.1, 0.15) is 43.7 Å². The van der Waals surface area contributed by atoms with Gasteiger partial charge in [0.1, 0.15) is 5.82 Å². The molecule has 2 amide bonds. The van der Waals surface area contributed by atoms with Crippen molar-refractivity contribution in [3.63, 3.8) is 0 Å². The summed E-state index contributed by atoms with van der Waals surface area (Å²) in [5.74, 6) is -0.298. The molecule has 3 fully saturated rings. The van der Waals surface area contributed by atoms with Crippen LogP contribution in [0.15, 0.2) is 71.8 Å². The van der Waals surface area contributed by atoms with E-state index in [2.05, 4.69) is 10.3 Å². The molecular formula is C31H36FN5O3. The first-order valence-corrected chi connectivity index (χ1v) is 14.2. The molecule has 1 aromatic heterocycles. The lowest BCUT2D eigenvalue weighted by Gasteiger charge is -2.53. The Labute approximate surface area is 233 Å². The first-order chi connectivity index (χ1) is 19.4. The van der Waals surface area contributed by atoms with Gasteiger partial charge < -0.3 is 20.2 Å². The molecule has 9 heteroatoms. The van der Waals surface area contributed by atoms with Crippen molar-refractivity contribution in [1.82, 2.24) is 24.7 Å². The Morgan fingerprint density at radius 1 is 1.05 bits per heavy atom. The molecule has 1 saturated carbocycles. The van der Waals surface area contributed by atoms with Crippen LogP contribution in [0.2, 0.25) is 0 Å². The zero-order valence-corrected chi connectivity index (χ0v) is 22.6. The number of piperazine rings is 1. The van der Waals surface area contributed by atoms with Crippen LogP contribution in [0.3, 0.4) is 0 Å². The van der Waals surface area contributed by atoms with Crippen LogP contribution in [0.4, 0.5) is 9.18 Å². The van der Waals surface area contributed by atoms with E-state index in [1.807, 2.05) is 40.1 Å². The lowest BCUT2D eigenvalue weighted by Crippen LogP contribution is -2.64. The molecule has 8 nitrogen and oxygen atoms in total. The summed E-state index contributed by atoms with van der Waals surface area (Å²) in [6, 6.07) is 17.2. The molecule has 0 bridgehead atoms. The maximum absolute atomic E-state index is 13.9. The summed E-state index contributed by atoms with van der Waals surface area (Å²) in [4.78, 5) is 35.3. The minimum atomic E-state index is -1.13. The van der Waals surface area contributed by atoms with E-state index in [0.717, 1.165) is 36.8 Å². The number of rotatable bonds is 4. The van der Waals surface area contributed by atoms with Gasteiger partial charge in [0.05, 0.1) is 30.2 Å². The van der Waals surface area contributed by atoms with E-state index in [1.165, 1.54) is 29.1 Å². The zero-order valence-electron chi connectivity index (χ0n) is 22.6. The van der Waals surface area contributed by atoms with Crippen LogP contribution < -0.4 is 10.9 Å². The third kappa shape index (κ3) is 4.92. The summed E-state index contributed by atoms with van der Waals surface area (Å²) in [5.41, 5.74) is 0.569. The van der Waals surface area contributed by atoms with Crippen molar-refractivity contribution >= 4 is 6.03 Å². The first-order valence-electron chi connectivity index (χ1n) is 14.2. The van der Waals surface area contributed by atoms with E-state index in [0.29, 0.717) is 44.8 Å². The molecule has 3 heterocycles. The number of hydrogen-bond donors (Lipinski definition) is 2. The van der Waals surface area contributed by atoms with Crippen molar-refractivity contribution in [3.8, 4) is 11.3 Å². The van der Waals surface area contributed by atoms with Gasteiger partial charge in [-0.1, -0.05) is 55.3 Å². The van der Waals surface area contributed by atoms with Gasteiger partial charge in [0.2, 0.25) is 0 Å². The van der Waals surface area contributed by atoms with Gasteiger partial charge in [-0.05, 0) is 37.0 Å². The molecular weight excluding hydrogens is 509 g/mol. The molecule has 2 atom stereocenters. The van der Waals surface area contributed by atoms with Crippen molar-refractivity contribution in [2.75, 3.05) is 32.7 Å². The molecule has 1 aliphatic carbocycles. The summed E-state index contributed by atoms with van der Waals surface area (Å²) in [5, 5.41) is 15.5. The van der Waals surface area contributed by atoms with E-state index in [-0.39, 0.29) is 30.0 Å². The van der Waals surface area contributed by atoms with Gasteiger partial charge in [-0.15, -0.1) is 0 Å². The topological polar surface area (TPSA) is 90.7 Å². The molecule has 2 saturated heterocycles. The standard InChI is InChI=1S/C31H36FN5O3/c32-25-10-8-24(9-11-25)27-19-33-15-17-37(27)29(39)35-16-14-31(40,30(20-35)12-4-5-13-30)21-36-22-34-26(18-28(36)38)23-6-2-1-3-7-23/h1-3,6-11,18,22,27,33,40H,4-5,12-17,19-21H2/t27-,31+/m0/s1. The summed E-state index contributed by atoms with van der Waals surface area (Å²) < 4.78 is 15.1. The third-order valence-electron chi connectivity index (χ3n) is 9.23. The molecule has 6 rings (SSSR count). The summed E-state index contributed by atoms with van der Waals surface area (Å²) in [7, 11) is 0. The lowest BCUT2D eigenvalue weighted by molar-refractivity contribution is -0.137. The van der Waals surface area contributed by atoms with E-state index >= 15 is 0 Å². The number of carbonyl (C=O) groups is 1. The van der Waals surface area contributed by atoms with Crippen LogP contribution in [0.25, 0.3) is 11.3 Å². The van der Waals surface area contributed by atoms with Gasteiger partial charge in [-0.3, -0.25) is 9.36 Å². The van der Waals surface area contributed by atoms with Gasteiger partial charge in [-0.25, -0.2) is 14.2 Å². The van der Waals surface area contributed by atoms with Crippen LogP contribution in [0.5, 0.6) is 0 Å². The van der Waals surface area contributed by atoms with Crippen molar-refractivity contribution < 1.29 is 14.3 Å². The fraction of sp³-hybridized carbons (Fsp3) is 0.452. The smallest absolute Gasteiger partial charge is 0.320 e. The van der Waals surface area contributed by atoms with Crippen LogP contribution >= 0.6 is 0 Å². The van der Waals surface area contributed by atoms with Crippen LogP contribution in [-0.4, -0.2) is 68.8 Å². The maximum Gasteiger partial charge on any atom is 0.320 e. The quantitative estimate of drug-likeness (QED) is 0.521. The minimum Gasteiger partial charge on any atom is -0.387 e. The van der Waals surface area contributed by atoms with Crippen LogP contribution in [-0.2, 0) is 6.54 Å². The fourth-order valence-corrected chi connectivity index (χ4v) is 6.95. The first kappa shape index (κ1) is 26.7. The Balaban J connectivity index is 1.22. The monoisotopic (exact) mass is 545 g/mol. The summed E-state index contributed by atoms with van der Waals surface area (Å²) in [6.45, 7) is 2.87. The molecule has 3 aliphatic rings. The molecule has 0 radical (unpaired) electrons. The van der Waals surface area contributed by atoms with E-state index in [9.17, 15) is 19.1 Å². The fourth-order valence-electron chi connectivity index (χ4n) is 6.95. The number of aliphatic hydroxyl groups is 1. The number of aromatic nitrogens is 2. The molecule has 0 unspecified atom stereocenters. The molecule has 2 N–H and O–H groups in total. The molecule has 2 aliphatic heterocycles. The summed E-state index contributed by atoms with van der Waals surface area (Å²) in [6.07, 6.45) is 5.50. The number of amides is 2. The highest BCUT2D eigenvalue weighted by molar-refractivity contribution is 5.75. The molecule has 2 aromatic carbocycles. The highest BCUT2D eigenvalue weighted by Gasteiger charge is 2.56. The Hall–Kier alpha value is -3.56. The number of nitrogens with one attached hydrogen (secondary N) is 1. The third-order valence-corrected chi connectivity index (χ3v) is 9.23. The normalized spacial score (nSPS) is 24.4. The average Bonchev–Trinajstić information content (AvgIpc) is 3.46. The van der Waals surface area contributed by atoms with Gasteiger partial charge in [0, 0.05) is 49.8 Å². The maximum atomic E-state index is 13.9. The van der Waals surface area contributed by atoms with Gasteiger partial charge in [-0.2, -0.15) is 0 Å². The number of halogens is 1.